The molecule has 0 fully saturated rings. The standard InChI is InChI=1S/C14H23BO3/c1-2-3-4-5-6-7-10-13-11-8-9-12-14(13)18-15(16)17/h8-9,11-12,16-17H,2-7,10H2,1H3. The number of hydrogen-bond donors (Lipinski definition) is 2. The Morgan fingerprint density at radius 2 is 1.67 bits per heavy atom. The lowest BCUT2D eigenvalue weighted by Gasteiger charge is -2.10. The van der Waals surface area contributed by atoms with E-state index in [4.69, 9.17) is 14.7 Å². The highest BCUT2D eigenvalue weighted by Gasteiger charge is 2.13. The van der Waals surface area contributed by atoms with Gasteiger partial charge >= 0.3 is 7.32 Å². The predicted molar refractivity (Wildman–Crippen MR) is 74.3 cm³/mol. The van der Waals surface area contributed by atoms with Crippen LogP contribution in [0.4, 0.5) is 0 Å². The van der Waals surface area contributed by atoms with Gasteiger partial charge in [0.25, 0.3) is 0 Å². The topological polar surface area (TPSA) is 49.7 Å². The van der Waals surface area contributed by atoms with Gasteiger partial charge in [0.2, 0.25) is 0 Å². The van der Waals surface area contributed by atoms with Crippen LogP contribution in [-0.4, -0.2) is 17.4 Å². The minimum absolute atomic E-state index is 0.570. The van der Waals surface area contributed by atoms with Crippen molar-refractivity contribution >= 4 is 7.32 Å². The zero-order valence-electron chi connectivity index (χ0n) is 11.1. The summed E-state index contributed by atoms with van der Waals surface area (Å²) in [5.74, 6) is 0.570. The van der Waals surface area contributed by atoms with Crippen LogP contribution in [0.15, 0.2) is 24.3 Å². The summed E-state index contributed by atoms with van der Waals surface area (Å²) in [5, 5.41) is 17.7. The Kier molecular flexibility index (Phi) is 7.54. The van der Waals surface area contributed by atoms with Crippen LogP contribution in [-0.2, 0) is 6.42 Å². The summed E-state index contributed by atoms with van der Waals surface area (Å²) in [4.78, 5) is 0. The van der Waals surface area contributed by atoms with Gasteiger partial charge in [0.15, 0.2) is 0 Å². The van der Waals surface area contributed by atoms with Crippen molar-refractivity contribution in [2.45, 2.75) is 51.9 Å². The minimum Gasteiger partial charge on any atom is -0.512 e. The number of para-hydroxylation sites is 1. The minimum atomic E-state index is -1.74. The van der Waals surface area contributed by atoms with Crippen molar-refractivity contribution in [1.29, 1.82) is 0 Å². The number of hydrogen-bond acceptors (Lipinski definition) is 3. The molecule has 0 amide bonds. The molecule has 4 heteroatoms. The molecule has 0 spiro atoms. The van der Waals surface area contributed by atoms with Crippen LogP contribution in [0.1, 0.15) is 51.0 Å². The number of aryl methyl sites for hydroxylation is 1. The van der Waals surface area contributed by atoms with E-state index in [0.29, 0.717) is 5.75 Å². The lowest BCUT2D eigenvalue weighted by molar-refractivity contribution is 0.287. The fourth-order valence-corrected chi connectivity index (χ4v) is 2.03. The highest BCUT2D eigenvalue weighted by atomic mass is 16.6. The van der Waals surface area contributed by atoms with Gasteiger partial charge in [0.1, 0.15) is 5.75 Å². The maximum Gasteiger partial charge on any atom is 0.707 e. The van der Waals surface area contributed by atoms with Gasteiger partial charge in [-0.05, 0) is 24.5 Å². The Hall–Kier alpha value is -0.995. The molecule has 18 heavy (non-hydrogen) atoms. The van der Waals surface area contributed by atoms with Gasteiger partial charge in [-0.3, -0.25) is 0 Å². The molecule has 0 atom stereocenters. The second-order valence-corrected chi connectivity index (χ2v) is 4.57. The quantitative estimate of drug-likeness (QED) is 0.523. The molecule has 100 valence electrons. The molecule has 0 aliphatic carbocycles. The monoisotopic (exact) mass is 250 g/mol. The van der Waals surface area contributed by atoms with Crippen LogP contribution in [0.5, 0.6) is 5.75 Å². The first kappa shape index (κ1) is 15.1. The lowest BCUT2D eigenvalue weighted by atomic mass is 10.0. The first-order chi connectivity index (χ1) is 8.74. The molecule has 0 bridgehead atoms. The number of rotatable bonds is 9. The summed E-state index contributed by atoms with van der Waals surface area (Å²) in [6, 6.07) is 7.53. The van der Waals surface area contributed by atoms with Crippen LogP contribution < -0.4 is 4.65 Å². The molecule has 3 nitrogen and oxygen atoms in total. The van der Waals surface area contributed by atoms with Gasteiger partial charge in [-0.1, -0.05) is 57.2 Å². The summed E-state index contributed by atoms with van der Waals surface area (Å²) in [7, 11) is -1.74. The van der Waals surface area contributed by atoms with Crippen molar-refractivity contribution in [2.24, 2.45) is 0 Å². The van der Waals surface area contributed by atoms with Crippen LogP contribution in [0.2, 0.25) is 0 Å². The molecule has 0 aromatic heterocycles. The zero-order valence-corrected chi connectivity index (χ0v) is 11.1. The van der Waals surface area contributed by atoms with Gasteiger partial charge in [0.05, 0.1) is 0 Å². The van der Waals surface area contributed by atoms with Crippen LogP contribution in [0, 0.1) is 0 Å². The number of unbranched alkanes of at least 4 members (excludes halogenated alkanes) is 5. The Bertz CT molecular complexity index is 329. The average Bonchev–Trinajstić information content (AvgIpc) is 2.35. The van der Waals surface area contributed by atoms with Crippen molar-refractivity contribution in [3.8, 4) is 5.75 Å². The van der Waals surface area contributed by atoms with E-state index in [9.17, 15) is 0 Å². The van der Waals surface area contributed by atoms with Crippen LogP contribution in [0.25, 0.3) is 0 Å². The van der Waals surface area contributed by atoms with Crippen molar-refractivity contribution < 1.29 is 14.7 Å². The van der Waals surface area contributed by atoms with E-state index in [1.807, 2.05) is 18.2 Å². The molecule has 1 aromatic rings. The maximum absolute atomic E-state index is 8.83. The molecule has 0 radical (unpaired) electrons. The summed E-state index contributed by atoms with van der Waals surface area (Å²) in [6.07, 6.45) is 8.43. The fourth-order valence-electron chi connectivity index (χ4n) is 2.03. The second kappa shape index (κ2) is 9.00. The molecule has 0 heterocycles. The molecule has 0 aliphatic rings. The van der Waals surface area contributed by atoms with Gasteiger partial charge in [-0.15, -0.1) is 0 Å². The second-order valence-electron chi connectivity index (χ2n) is 4.57. The molecular formula is C14H23BO3. The summed E-state index contributed by atoms with van der Waals surface area (Å²) in [6.45, 7) is 2.22. The zero-order chi connectivity index (χ0) is 13.2. The van der Waals surface area contributed by atoms with Gasteiger partial charge in [0, 0.05) is 0 Å². The highest BCUT2D eigenvalue weighted by molar-refractivity contribution is 6.33. The Labute approximate surface area is 110 Å². The summed E-state index contributed by atoms with van der Waals surface area (Å²) >= 11 is 0. The van der Waals surface area contributed by atoms with Gasteiger partial charge < -0.3 is 14.7 Å². The SMILES string of the molecule is CCCCCCCCc1ccccc1OB(O)O. The predicted octanol–water partition coefficient (Wildman–Crippen LogP) is 2.94. The molecule has 1 rings (SSSR count). The van der Waals surface area contributed by atoms with Crippen molar-refractivity contribution in [1.82, 2.24) is 0 Å². The first-order valence-corrected chi connectivity index (χ1v) is 6.84. The molecular weight excluding hydrogens is 227 g/mol. The fraction of sp³-hybridized carbons (Fsp3) is 0.571. The van der Waals surface area contributed by atoms with E-state index in [1.54, 1.807) is 6.07 Å². The molecule has 2 N–H and O–H groups in total. The van der Waals surface area contributed by atoms with E-state index in [0.717, 1.165) is 18.4 Å². The Balaban J connectivity index is 2.32. The third kappa shape index (κ3) is 6.08. The van der Waals surface area contributed by atoms with Crippen molar-refractivity contribution in [3.05, 3.63) is 29.8 Å². The van der Waals surface area contributed by atoms with E-state index in [1.165, 1.54) is 32.1 Å². The maximum atomic E-state index is 8.83. The normalized spacial score (nSPS) is 10.4. The summed E-state index contributed by atoms with van der Waals surface area (Å²) in [5.41, 5.74) is 1.04. The van der Waals surface area contributed by atoms with Gasteiger partial charge in [-0.25, -0.2) is 0 Å². The largest absolute Gasteiger partial charge is 0.707 e. The van der Waals surface area contributed by atoms with E-state index >= 15 is 0 Å². The van der Waals surface area contributed by atoms with Crippen molar-refractivity contribution in [2.75, 3.05) is 0 Å². The third-order valence-electron chi connectivity index (χ3n) is 3.00. The Morgan fingerprint density at radius 1 is 1.00 bits per heavy atom. The molecule has 0 unspecified atom stereocenters. The molecule has 0 saturated carbocycles. The van der Waals surface area contributed by atoms with E-state index < -0.39 is 7.32 Å². The lowest BCUT2D eigenvalue weighted by Crippen LogP contribution is -2.21. The third-order valence-corrected chi connectivity index (χ3v) is 3.00. The van der Waals surface area contributed by atoms with E-state index in [-0.39, 0.29) is 0 Å². The van der Waals surface area contributed by atoms with E-state index in [2.05, 4.69) is 6.92 Å². The molecule has 0 aliphatic heterocycles. The smallest absolute Gasteiger partial charge is 0.512 e. The van der Waals surface area contributed by atoms with Crippen LogP contribution in [0.3, 0.4) is 0 Å². The molecule has 0 saturated heterocycles. The summed E-state index contributed by atoms with van der Waals surface area (Å²) < 4.78 is 4.95. The number of benzene rings is 1. The average molecular weight is 250 g/mol. The molecule has 1 aromatic carbocycles. The highest BCUT2D eigenvalue weighted by Crippen LogP contribution is 2.20. The van der Waals surface area contributed by atoms with Crippen molar-refractivity contribution in [3.63, 3.8) is 0 Å². The first-order valence-electron chi connectivity index (χ1n) is 6.84. The van der Waals surface area contributed by atoms with Crippen LogP contribution >= 0.6 is 0 Å². The Morgan fingerprint density at radius 3 is 2.39 bits per heavy atom. The van der Waals surface area contributed by atoms with Gasteiger partial charge in [-0.2, -0.15) is 0 Å².